The molecule has 31 heavy (non-hydrogen) atoms. The van der Waals surface area contributed by atoms with E-state index in [9.17, 15) is 12.8 Å². The van der Waals surface area contributed by atoms with E-state index in [1.807, 2.05) is 13.1 Å². The van der Waals surface area contributed by atoms with Crippen molar-refractivity contribution in [2.24, 2.45) is 0 Å². The summed E-state index contributed by atoms with van der Waals surface area (Å²) in [5, 5.41) is 0. The zero-order valence-corrected chi connectivity index (χ0v) is 17.7. The van der Waals surface area contributed by atoms with Gasteiger partial charge in [0, 0.05) is 12.3 Å². The Morgan fingerprint density at radius 1 is 0.968 bits per heavy atom. The van der Waals surface area contributed by atoms with Gasteiger partial charge in [0.05, 0.1) is 35.4 Å². The lowest BCUT2D eigenvalue weighted by atomic mass is 10.1. The first kappa shape index (κ1) is 20.6. The fourth-order valence-electron chi connectivity index (χ4n) is 3.19. The number of halogens is 1. The first-order valence-electron chi connectivity index (χ1n) is 9.43. The van der Waals surface area contributed by atoms with Gasteiger partial charge in [0.25, 0.3) is 10.0 Å². The minimum atomic E-state index is -3.80. The summed E-state index contributed by atoms with van der Waals surface area (Å²) >= 11 is 0. The van der Waals surface area contributed by atoms with Crippen molar-refractivity contribution in [2.45, 2.75) is 11.8 Å². The van der Waals surface area contributed by atoms with Crippen molar-refractivity contribution in [3.05, 3.63) is 90.8 Å². The summed E-state index contributed by atoms with van der Waals surface area (Å²) in [5.41, 5.74) is 3.57. The largest absolute Gasteiger partial charge is 0.494 e. The lowest BCUT2D eigenvalue weighted by Crippen LogP contribution is -2.13. The van der Waals surface area contributed by atoms with E-state index in [4.69, 9.17) is 4.74 Å². The average Bonchev–Trinajstić information content (AvgIpc) is 3.20. The first-order chi connectivity index (χ1) is 14.9. The third-order valence-corrected chi connectivity index (χ3v) is 6.16. The second-order valence-electron chi connectivity index (χ2n) is 6.95. The maximum Gasteiger partial charge on any atom is 0.261 e. The summed E-state index contributed by atoms with van der Waals surface area (Å²) in [6.45, 7) is 1.88. The molecule has 0 aliphatic rings. The Morgan fingerprint density at radius 3 is 2.19 bits per heavy atom. The Labute approximate surface area is 180 Å². The Balaban J connectivity index is 1.57. The molecular formula is C23H20FN3O3S. The van der Waals surface area contributed by atoms with Gasteiger partial charge >= 0.3 is 0 Å². The van der Waals surface area contributed by atoms with Gasteiger partial charge in [-0.1, -0.05) is 24.3 Å². The Bertz CT molecular complexity index is 1320. The third kappa shape index (κ3) is 4.44. The fraction of sp³-hybridized carbons (Fsp3) is 0.0870. The molecule has 0 amide bonds. The van der Waals surface area contributed by atoms with Crippen molar-refractivity contribution < 1.29 is 17.5 Å². The van der Waals surface area contributed by atoms with Crippen molar-refractivity contribution >= 4 is 15.7 Å². The van der Waals surface area contributed by atoms with Gasteiger partial charge in [0.2, 0.25) is 0 Å². The number of anilines is 1. The molecule has 0 aliphatic carbocycles. The highest BCUT2D eigenvalue weighted by Crippen LogP contribution is 2.29. The van der Waals surface area contributed by atoms with E-state index >= 15 is 0 Å². The summed E-state index contributed by atoms with van der Waals surface area (Å²) in [6, 6.07) is 17.5. The lowest BCUT2D eigenvalue weighted by Gasteiger charge is -2.13. The smallest absolute Gasteiger partial charge is 0.261 e. The molecule has 8 heteroatoms. The number of methoxy groups -OCH3 is 1. The van der Waals surface area contributed by atoms with Crippen LogP contribution in [0.4, 0.5) is 10.1 Å². The van der Waals surface area contributed by atoms with Crippen molar-refractivity contribution in [3.8, 4) is 22.6 Å². The van der Waals surface area contributed by atoms with Crippen molar-refractivity contribution in [1.29, 1.82) is 0 Å². The highest BCUT2D eigenvalue weighted by Gasteiger charge is 2.16. The molecule has 1 aromatic heterocycles. The maximum atomic E-state index is 13.1. The van der Waals surface area contributed by atoms with E-state index in [0.29, 0.717) is 11.4 Å². The maximum absolute atomic E-state index is 13.1. The number of aryl methyl sites for hydroxylation is 1. The monoisotopic (exact) mass is 437 g/mol. The number of nitrogens with zero attached hydrogens (tertiary/aromatic N) is 2. The minimum Gasteiger partial charge on any atom is -0.494 e. The highest BCUT2D eigenvalue weighted by atomic mass is 32.2. The minimum absolute atomic E-state index is 0.117. The number of aromatic nitrogens is 2. The van der Waals surface area contributed by atoms with Crippen molar-refractivity contribution in [3.63, 3.8) is 0 Å². The van der Waals surface area contributed by atoms with Gasteiger partial charge in [-0.15, -0.1) is 0 Å². The summed E-state index contributed by atoms with van der Waals surface area (Å²) in [7, 11) is -2.28. The second-order valence-corrected chi connectivity index (χ2v) is 8.63. The van der Waals surface area contributed by atoms with Gasteiger partial charge < -0.3 is 9.30 Å². The molecule has 0 saturated carbocycles. The number of benzene rings is 3. The van der Waals surface area contributed by atoms with Crippen LogP contribution in [0.2, 0.25) is 0 Å². The molecule has 4 aromatic rings. The van der Waals surface area contributed by atoms with Crippen LogP contribution in [0.25, 0.3) is 16.8 Å². The van der Waals surface area contributed by atoms with Crippen LogP contribution in [-0.4, -0.2) is 25.1 Å². The van der Waals surface area contributed by atoms with Gasteiger partial charge in [0.1, 0.15) is 11.6 Å². The molecular weight excluding hydrogens is 417 g/mol. The number of hydrogen-bond donors (Lipinski definition) is 1. The molecule has 0 spiro atoms. The molecule has 0 bridgehead atoms. The summed E-state index contributed by atoms with van der Waals surface area (Å²) in [5.74, 6) is 0.182. The SMILES string of the molecule is COc1cc(NS(=O)(=O)c2ccc(-c3ccc(F)cc3)cc2)ccc1-n1cnc(C)c1. The number of rotatable bonds is 6. The molecule has 0 aliphatic heterocycles. The van der Waals surface area contributed by atoms with Crippen LogP contribution in [0, 0.1) is 12.7 Å². The summed E-state index contributed by atoms with van der Waals surface area (Å²) < 4.78 is 48.6. The number of nitrogens with one attached hydrogen (secondary N) is 1. The van der Waals surface area contributed by atoms with Gasteiger partial charge in [-0.2, -0.15) is 0 Å². The van der Waals surface area contributed by atoms with Crippen LogP contribution in [0.1, 0.15) is 5.69 Å². The molecule has 158 valence electrons. The number of ether oxygens (including phenoxy) is 1. The molecule has 0 fully saturated rings. The van der Waals surface area contributed by atoms with E-state index in [1.165, 1.54) is 31.4 Å². The topological polar surface area (TPSA) is 73.2 Å². The van der Waals surface area contributed by atoms with Gasteiger partial charge in [0.15, 0.2) is 0 Å². The average molecular weight is 437 g/mol. The molecule has 1 heterocycles. The van der Waals surface area contributed by atoms with Crippen molar-refractivity contribution in [2.75, 3.05) is 11.8 Å². The van der Waals surface area contributed by atoms with E-state index < -0.39 is 10.0 Å². The van der Waals surface area contributed by atoms with Crippen LogP contribution in [-0.2, 0) is 10.0 Å². The van der Waals surface area contributed by atoms with Gasteiger partial charge in [-0.25, -0.2) is 17.8 Å². The normalized spacial score (nSPS) is 11.3. The van der Waals surface area contributed by atoms with Crippen molar-refractivity contribution in [1.82, 2.24) is 9.55 Å². The molecule has 0 atom stereocenters. The third-order valence-electron chi connectivity index (χ3n) is 4.76. The van der Waals surface area contributed by atoms with E-state index in [-0.39, 0.29) is 10.7 Å². The second kappa shape index (κ2) is 8.23. The van der Waals surface area contributed by atoms with Crippen LogP contribution < -0.4 is 9.46 Å². The van der Waals surface area contributed by atoms with E-state index in [2.05, 4.69) is 9.71 Å². The zero-order valence-electron chi connectivity index (χ0n) is 16.9. The van der Waals surface area contributed by atoms with Crippen LogP contribution in [0.15, 0.2) is 84.1 Å². The quantitative estimate of drug-likeness (QED) is 0.470. The lowest BCUT2D eigenvalue weighted by molar-refractivity contribution is 0.413. The Morgan fingerprint density at radius 2 is 1.61 bits per heavy atom. The molecule has 0 unspecified atom stereocenters. The standard InChI is InChI=1S/C23H20FN3O3S/c1-16-14-27(15-25-16)22-12-9-20(13-23(22)30-2)26-31(28,29)21-10-5-18(6-11-21)17-3-7-19(24)8-4-17/h3-15,26H,1-2H3. The van der Waals surface area contributed by atoms with E-state index in [1.54, 1.807) is 53.4 Å². The predicted molar refractivity (Wildman–Crippen MR) is 117 cm³/mol. The number of imidazole rings is 1. The van der Waals surface area contributed by atoms with E-state index in [0.717, 1.165) is 22.5 Å². The fourth-order valence-corrected chi connectivity index (χ4v) is 4.24. The molecule has 6 nitrogen and oxygen atoms in total. The first-order valence-corrected chi connectivity index (χ1v) is 10.9. The van der Waals surface area contributed by atoms with Crippen LogP contribution in [0.5, 0.6) is 5.75 Å². The van der Waals surface area contributed by atoms with Gasteiger partial charge in [-0.3, -0.25) is 4.72 Å². The molecule has 4 rings (SSSR count). The van der Waals surface area contributed by atoms with Crippen LogP contribution >= 0.6 is 0 Å². The number of sulfonamides is 1. The Hall–Kier alpha value is -3.65. The number of hydrogen-bond acceptors (Lipinski definition) is 4. The Kier molecular flexibility index (Phi) is 5.48. The summed E-state index contributed by atoms with van der Waals surface area (Å²) in [4.78, 5) is 4.32. The molecule has 0 saturated heterocycles. The molecule has 0 radical (unpaired) electrons. The predicted octanol–water partition coefficient (Wildman–Crippen LogP) is 4.80. The molecule has 3 aromatic carbocycles. The molecule has 1 N–H and O–H groups in total. The summed E-state index contributed by atoms with van der Waals surface area (Å²) in [6.07, 6.45) is 3.52. The van der Waals surface area contributed by atoms with Gasteiger partial charge in [-0.05, 0) is 54.4 Å². The van der Waals surface area contributed by atoms with Crippen LogP contribution in [0.3, 0.4) is 0 Å². The zero-order chi connectivity index (χ0) is 22.0. The highest BCUT2D eigenvalue weighted by molar-refractivity contribution is 7.92.